The SMILES string of the molecule is CC(C)(O)Cc1cn2ncc(N)cc2n1. The molecule has 3 N–H and O–H groups in total. The molecule has 0 aliphatic carbocycles. The molecule has 0 fully saturated rings. The van der Waals surface area contributed by atoms with Crippen LogP contribution in [0.2, 0.25) is 0 Å². The number of fused-ring (bicyclic) bond motifs is 1. The minimum absolute atomic E-state index is 0.496. The van der Waals surface area contributed by atoms with Gasteiger partial charge >= 0.3 is 0 Å². The first-order valence-corrected chi connectivity index (χ1v) is 4.76. The van der Waals surface area contributed by atoms with Crippen LogP contribution in [0.1, 0.15) is 19.5 Å². The summed E-state index contributed by atoms with van der Waals surface area (Å²) in [4.78, 5) is 4.32. The molecule has 0 unspecified atom stereocenters. The van der Waals surface area contributed by atoms with Crippen LogP contribution in [-0.2, 0) is 6.42 Å². The summed E-state index contributed by atoms with van der Waals surface area (Å²) < 4.78 is 1.65. The van der Waals surface area contributed by atoms with Gasteiger partial charge < -0.3 is 10.8 Å². The van der Waals surface area contributed by atoms with Gasteiger partial charge in [0.25, 0.3) is 0 Å². The summed E-state index contributed by atoms with van der Waals surface area (Å²) in [5.74, 6) is 0. The highest BCUT2D eigenvalue weighted by atomic mass is 16.3. The number of nitrogens with two attached hydrogens (primary N) is 1. The fraction of sp³-hybridized carbons (Fsp3) is 0.400. The van der Waals surface area contributed by atoms with E-state index in [1.807, 2.05) is 0 Å². The average molecular weight is 206 g/mol. The van der Waals surface area contributed by atoms with Gasteiger partial charge in [0.05, 0.1) is 29.4 Å². The largest absolute Gasteiger partial charge is 0.397 e. The first-order chi connectivity index (χ1) is 6.94. The van der Waals surface area contributed by atoms with Crippen LogP contribution in [-0.4, -0.2) is 25.3 Å². The molecule has 80 valence electrons. The van der Waals surface area contributed by atoms with Crippen molar-refractivity contribution < 1.29 is 5.11 Å². The van der Waals surface area contributed by atoms with Crippen LogP contribution in [0.25, 0.3) is 5.65 Å². The van der Waals surface area contributed by atoms with Crippen molar-refractivity contribution >= 4 is 11.3 Å². The minimum Gasteiger partial charge on any atom is -0.397 e. The number of hydrogen-bond acceptors (Lipinski definition) is 4. The van der Waals surface area contributed by atoms with Crippen LogP contribution >= 0.6 is 0 Å². The van der Waals surface area contributed by atoms with Gasteiger partial charge in [-0.15, -0.1) is 0 Å². The van der Waals surface area contributed by atoms with Gasteiger partial charge in [0, 0.05) is 12.5 Å². The van der Waals surface area contributed by atoms with Crippen molar-refractivity contribution in [3.05, 3.63) is 24.2 Å². The number of aromatic nitrogens is 3. The molecule has 0 saturated heterocycles. The van der Waals surface area contributed by atoms with Gasteiger partial charge in [-0.1, -0.05) is 0 Å². The predicted molar refractivity (Wildman–Crippen MR) is 57.4 cm³/mol. The smallest absolute Gasteiger partial charge is 0.155 e. The molecule has 15 heavy (non-hydrogen) atoms. The first kappa shape index (κ1) is 9.92. The monoisotopic (exact) mass is 206 g/mol. The molecule has 0 saturated carbocycles. The number of aliphatic hydroxyl groups is 1. The number of nitrogen functional groups attached to an aromatic ring is 1. The Bertz CT molecular complexity index is 484. The molecule has 5 nitrogen and oxygen atoms in total. The van der Waals surface area contributed by atoms with Crippen molar-refractivity contribution in [3.8, 4) is 0 Å². The lowest BCUT2D eigenvalue weighted by atomic mass is 10.0. The van der Waals surface area contributed by atoms with Crippen LogP contribution in [0.15, 0.2) is 18.5 Å². The minimum atomic E-state index is -0.760. The summed E-state index contributed by atoms with van der Waals surface area (Å²) in [6.45, 7) is 3.50. The van der Waals surface area contributed by atoms with E-state index in [9.17, 15) is 5.11 Å². The van der Waals surface area contributed by atoms with Gasteiger partial charge in [-0.25, -0.2) is 9.50 Å². The molecule has 0 atom stereocenters. The molecule has 0 spiro atoms. The maximum atomic E-state index is 9.66. The Hall–Kier alpha value is -1.62. The van der Waals surface area contributed by atoms with E-state index in [1.165, 1.54) is 0 Å². The van der Waals surface area contributed by atoms with Crippen LogP contribution < -0.4 is 5.73 Å². The summed E-state index contributed by atoms with van der Waals surface area (Å²) in [6.07, 6.45) is 3.87. The van der Waals surface area contributed by atoms with E-state index in [0.29, 0.717) is 17.8 Å². The molecule has 0 aliphatic rings. The van der Waals surface area contributed by atoms with Gasteiger partial charge in [-0.05, 0) is 13.8 Å². The van der Waals surface area contributed by atoms with E-state index < -0.39 is 5.60 Å². The molecule has 0 amide bonds. The molecule has 0 aromatic carbocycles. The van der Waals surface area contributed by atoms with E-state index in [-0.39, 0.29) is 0 Å². The highest BCUT2D eigenvalue weighted by Crippen LogP contribution is 2.13. The van der Waals surface area contributed by atoms with Gasteiger partial charge in [-0.3, -0.25) is 0 Å². The predicted octanol–water partition coefficient (Wildman–Crippen LogP) is 0.625. The molecule has 2 heterocycles. The number of imidazole rings is 1. The quantitative estimate of drug-likeness (QED) is 0.755. The van der Waals surface area contributed by atoms with Crippen LogP contribution in [0.4, 0.5) is 5.69 Å². The zero-order valence-corrected chi connectivity index (χ0v) is 8.81. The second kappa shape index (κ2) is 3.20. The second-order valence-corrected chi connectivity index (χ2v) is 4.31. The summed E-state index contributed by atoms with van der Waals surface area (Å²) >= 11 is 0. The average Bonchev–Trinajstić information content (AvgIpc) is 2.42. The van der Waals surface area contributed by atoms with Crippen molar-refractivity contribution in [1.82, 2.24) is 14.6 Å². The molecule has 2 aromatic rings. The van der Waals surface area contributed by atoms with E-state index in [1.54, 1.807) is 36.8 Å². The van der Waals surface area contributed by atoms with Crippen LogP contribution in [0.3, 0.4) is 0 Å². The third-order valence-electron chi connectivity index (χ3n) is 2.00. The summed E-state index contributed by atoms with van der Waals surface area (Å²) in [5.41, 5.74) is 6.93. The Kier molecular flexibility index (Phi) is 2.12. The fourth-order valence-electron chi connectivity index (χ4n) is 1.47. The Morgan fingerprint density at radius 3 is 2.93 bits per heavy atom. The zero-order chi connectivity index (χ0) is 11.1. The highest BCUT2D eigenvalue weighted by Gasteiger charge is 2.15. The lowest BCUT2D eigenvalue weighted by molar-refractivity contribution is 0.0801. The van der Waals surface area contributed by atoms with Crippen molar-refractivity contribution in [2.24, 2.45) is 0 Å². The van der Waals surface area contributed by atoms with Crippen molar-refractivity contribution in [2.75, 3.05) is 5.73 Å². The number of nitrogens with zero attached hydrogens (tertiary/aromatic N) is 3. The first-order valence-electron chi connectivity index (χ1n) is 4.76. The van der Waals surface area contributed by atoms with E-state index in [4.69, 9.17) is 5.73 Å². The Balaban J connectivity index is 2.39. The summed E-state index contributed by atoms with van der Waals surface area (Å²) in [7, 11) is 0. The normalized spacial score (nSPS) is 12.2. The van der Waals surface area contributed by atoms with E-state index in [0.717, 1.165) is 5.69 Å². The molecule has 0 aliphatic heterocycles. The zero-order valence-electron chi connectivity index (χ0n) is 8.81. The number of hydrogen-bond donors (Lipinski definition) is 2. The van der Waals surface area contributed by atoms with Crippen LogP contribution in [0.5, 0.6) is 0 Å². The third kappa shape index (κ3) is 2.24. The maximum Gasteiger partial charge on any atom is 0.155 e. The molecule has 2 rings (SSSR count). The molecule has 0 radical (unpaired) electrons. The summed E-state index contributed by atoms with van der Waals surface area (Å²) in [6, 6.07) is 1.75. The standard InChI is InChI=1S/C10H14N4O/c1-10(2,15)4-8-6-14-9(13-8)3-7(11)5-12-14/h3,5-6,15H,4,11H2,1-2H3. The summed E-state index contributed by atoms with van der Waals surface area (Å²) in [5, 5.41) is 13.7. The molecule has 5 heteroatoms. The van der Waals surface area contributed by atoms with Crippen molar-refractivity contribution in [3.63, 3.8) is 0 Å². The van der Waals surface area contributed by atoms with Gasteiger partial charge in [-0.2, -0.15) is 5.10 Å². The Morgan fingerprint density at radius 2 is 2.27 bits per heavy atom. The van der Waals surface area contributed by atoms with Crippen molar-refractivity contribution in [1.29, 1.82) is 0 Å². The van der Waals surface area contributed by atoms with Gasteiger partial charge in [0.2, 0.25) is 0 Å². The van der Waals surface area contributed by atoms with Gasteiger partial charge in [0.15, 0.2) is 5.65 Å². The van der Waals surface area contributed by atoms with E-state index >= 15 is 0 Å². The third-order valence-corrected chi connectivity index (χ3v) is 2.00. The number of rotatable bonds is 2. The molecular weight excluding hydrogens is 192 g/mol. The molecular formula is C10H14N4O. The Morgan fingerprint density at radius 1 is 1.53 bits per heavy atom. The number of anilines is 1. The Labute approximate surface area is 87.6 Å². The highest BCUT2D eigenvalue weighted by molar-refractivity contribution is 5.49. The van der Waals surface area contributed by atoms with Gasteiger partial charge in [0.1, 0.15) is 0 Å². The van der Waals surface area contributed by atoms with E-state index in [2.05, 4.69) is 10.1 Å². The lowest BCUT2D eigenvalue weighted by Crippen LogP contribution is -2.21. The topological polar surface area (TPSA) is 76.4 Å². The van der Waals surface area contributed by atoms with Crippen molar-refractivity contribution in [2.45, 2.75) is 25.9 Å². The molecule has 0 bridgehead atoms. The van der Waals surface area contributed by atoms with Crippen LogP contribution in [0, 0.1) is 0 Å². The lowest BCUT2D eigenvalue weighted by Gasteiger charge is -2.14. The second-order valence-electron chi connectivity index (χ2n) is 4.31. The fourth-order valence-corrected chi connectivity index (χ4v) is 1.47. The molecule has 2 aromatic heterocycles. The maximum absolute atomic E-state index is 9.66.